The van der Waals surface area contributed by atoms with Gasteiger partial charge in [0.2, 0.25) is 0 Å². The number of allylic oxidation sites excluding steroid dienone is 2. The average molecular weight is 248 g/mol. The molecule has 18 heavy (non-hydrogen) atoms. The second-order valence-electron chi connectivity index (χ2n) is 6.87. The summed E-state index contributed by atoms with van der Waals surface area (Å²) in [5.74, 6) is 2.29. The van der Waals surface area contributed by atoms with Gasteiger partial charge >= 0.3 is 0 Å². The van der Waals surface area contributed by atoms with Crippen LogP contribution < -0.4 is 0 Å². The lowest BCUT2D eigenvalue weighted by atomic mass is 9.56. The molecule has 3 unspecified atom stereocenters. The van der Waals surface area contributed by atoms with Crippen molar-refractivity contribution in [2.75, 3.05) is 0 Å². The maximum Gasteiger partial charge on any atom is 0.142 e. The molecule has 3 rings (SSSR count). The zero-order valence-electron chi connectivity index (χ0n) is 11.3. The van der Waals surface area contributed by atoms with Crippen LogP contribution in [0, 0.1) is 23.2 Å². The zero-order chi connectivity index (χ0) is 12.8. The van der Waals surface area contributed by atoms with Crippen LogP contribution in [0.4, 0.5) is 0 Å². The smallest absolute Gasteiger partial charge is 0.142 e. The van der Waals surface area contributed by atoms with E-state index in [9.17, 15) is 9.90 Å². The average Bonchev–Trinajstić information content (AvgIpc) is 2.67. The quantitative estimate of drug-likeness (QED) is 0.572. The molecule has 0 heterocycles. The van der Waals surface area contributed by atoms with Crippen LogP contribution in [0.1, 0.15) is 51.9 Å². The van der Waals surface area contributed by atoms with Crippen molar-refractivity contribution in [1.82, 2.24) is 0 Å². The highest BCUT2D eigenvalue weighted by Crippen LogP contribution is 2.59. The van der Waals surface area contributed by atoms with Gasteiger partial charge in [-0.1, -0.05) is 12.5 Å². The second-order valence-corrected chi connectivity index (χ2v) is 6.87. The Balaban J connectivity index is 1.79. The molecule has 0 radical (unpaired) electrons. The first-order valence-electron chi connectivity index (χ1n) is 7.46. The maximum atomic E-state index is 10.6. The highest BCUT2D eigenvalue weighted by atomic mass is 16.3. The largest absolute Gasteiger partial charge is 0.393 e. The summed E-state index contributed by atoms with van der Waals surface area (Å²) < 4.78 is 0. The highest BCUT2D eigenvalue weighted by Gasteiger charge is 2.53. The normalized spacial score (nSPS) is 49.8. The van der Waals surface area contributed by atoms with Crippen molar-refractivity contribution in [3.8, 4) is 0 Å². The van der Waals surface area contributed by atoms with Crippen LogP contribution in [0.25, 0.3) is 0 Å². The molecule has 3 aliphatic carbocycles. The number of fused-ring (bicyclic) bond motifs is 3. The summed E-state index contributed by atoms with van der Waals surface area (Å²) in [6, 6.07) is 0. The Morgan fingerprint density at radius 1 is 1.28 bits per heavy atom. The first kappa shape index (κ1) is 12.4. The first-order chi connectivity index (χ1) is 8.65. The summed E-state index contributed by atoms with van der Waals surface area (Å²) in [6.45, 7) is 2.31. The summed E-state index contributed by atoms with van der Waals surface area (Å²) in [5, 5.41) is 10.3. The van der Waals surface area contributed by atoms with Crippen molar-refractivity contribution in [1.29, 1.82) is 0 Å². The molecule has 100 valence electrons. The molecule has 0 aromatic heterocycles. The fourth-order valence-electron chi connectivity index (χ4n) is 5.07. The van der Waals surface area contributed by atoms with Crippen molar-refractivity contribution >= 4 is 6.29 Å². The number of carbonyl (C=O) groups excluding carboxylic acids is 1. The number of carbonyl (C=O) groups is 1. The predicted octanol–water partition coefficient (Wildman–Crippen LogP) is 3.10. The molecule has 0 aliphatic heterocycles. The number of hydrogen-bond acceptors (Lipinski definition) is 2. The minimum absolute atomic E-state index is 0.0737. The Morgan fingerprint density at radius 3 is 2.89 bits per heavy atom. The number of aliphatic hydroxyl groups excluding tert-OH is 1. The van der Waals surface area contributed by atoms with Gasteiger partial charge in [0.05, 0.1) is 6.10 Å². The standard InChI is InChI=1S/C16H24O2/c1-16-8-6-12-10-11(7-9-17)2-3-13(12)14(16)4-5-15(16)18/h7,9,12-15,18H,2-6,8,10H2,1H3/b11-7-/t12?,13?,14?,15-,16-/m0/s1. The van der Waals surface area contributed by atoms with Gasteiger partial charge in [-0.25, -0.2) is 0 Å². The van der Waals surface area contributed by atoms with E-state index in [1.165, 1.54) is 31.3 Å². The molecule has 0 amide bonds. The lowest BCUT2D eigenvalue weighted by Gasteiger charge is -2.50. The van der Waals surface area contributed by atoms with Crippen molar-refractivity contribution < 1.29 is 9.90 Å². The van der Waals surface area contributed by atoms with Gasteiger partial charge in [-0.15, -0.1) is 0 Å². The van der Waals surface area contributed by atoms with Gasteiger partial charge in [-0.3, -0.25) is 4.79 Å². The molecule has 5 atom stereocenters. The van der Waals surface area contributed by atoms with E-state index >= 15 is 0 Å². The van der Waals surface area contributed by atoms with E-state index in [4.69, 9.17) is 0 Å². The Bertz CT molecular complexity index is 373. The molecule has 3 aliphatic rings. The number of hydrogen-bond donors (Lipinski definition) is 1. The fraction of sp³-hybridized carbons (Fsp3) is 0.812. The molecule has 2 nitrogen and oxygen atoms in total. The van der Waals surface area contributed by atoms with Gasteiger partial charge < -0.3 is 5.11 Å². The van der Waals surface area contributed by atoms with Gasteiger partial charge in [0, 0.05) is 0 Å². The van der Waals surface area contributed by atoms with E-state index in [0.29, 0.717) is 0 Å². The third-order valence-electron chi connectivity index (χ3n) is 6.16. The van der Waals surface area contributed by atoms with Crippen LogP contribution in [0.5, 0.6) is 0 Å². The molecule has 0 aromatic rings. The van der Waals surface area contributed by atoms with Gasteiger partial charge in [-0.05, 0) is 74.2 Å². The summed E-state index contributed by atoms with van der Waals surface area (Å²) >= 11 is 0. The van der Waals surface area contributed by atoms with Crippen LogP contribution in [0.2, 0.25) is 0 Å². The van der Waals surface area contributed by atoms with E-state index in [0.717, 1.165) is 43.3 Å². The number of aldehydes is 1. The van der Waals surface area contributed by atoms with E-state index in [1.807, 2.05) is 0 Å². The van der Waals surface area contributed by atoms with Crippen molar-refractivity contribution in [2.45, 2.75) is 58.0 Å². The lowest BCUT2D eigenvalue weighted by Crippen LogP contribution is -2.44. The maximum absolute atomic E-state index is 10.6. The summed E-state index contributed by atoms with van der Waals surface area (Å²) in [5.41, 5.74) is 1.54. The SMILES string of the molecule is C[C@]12CCC3C/C(=C\C=O)CCC3C1CC[C@@H]2O. The Hall–Kier alpha value is -0.630. The van der Waals surface area contributed by atoms with Crippen LogP contribution in [-0.2, 0) is 4.79 Å². The molecule has 0 saturated heterocycles. The molecule has 3 fully saturated rings. The van der Waals surface area contributed by atoms with Crippen molar-refractivity contribution in [3.63, 3.8) is 0 Å². The Morgan fingerprint density at radius 2 is 2.11 bits per heavy atom. The molecule has 0 spiro atoms. The van der Waals surface area contributed by atoms with Crippen LogP contribution >= 0.6 is 0 Å². The second kappa shape index (κ2) is 4.48. The van der Waals surface area contributed by atoms with Gasteiger partial charge in [0.25, 0.3) is 0 Å². The number of rotatable bonds is 1. The molecular weight excluding hydrogens is 224 g/mol. The summed E-state index contributed by atoms with van der Waals surface area (Å²) in [6.07, 6.45) is 10.8. The van der Waals surface area contributed by atoms with E-state index < -0.39 is 0 Å². The van der Waals surface area contributed by atoms with Crippen molar-refractivity contribution in [3.05, 3.63) is 11.6 Å². The van der Waals surface area contributed by atoms with Gasteiger partial charge in [0.15, 0.2) is 0 Å². The van der Waals surface area contributed by atoms with Crippen LogP contribution in [0.3, 0.4) is 0 Å². The third kappa shape index (κ3) is 1.77. The Labute approximate surface area is 109 Å². The van der Waals surface area contributed by atoms with Crippen LogP contribution in [0.15, 0.2) is 11.6 Å². The molecule has 2 heteroatoms. The summed E-state index contributed by atoms with van der Waals surface area (Å²) in [7, 11) is 0. The molecule has 3 saturated carbocycles. The monoisotopic (exact) mass is 248 g/mol. The minimum Gasteiger partial charge on any atom is -0.393 e. The molecular formula is C16H24O2. The summed E-state index contributed by atoms with van der Waals surface area (Å²) in [4.78, 5) is 10.6. The Kier molecular flexibility index (Phi) is 3.09. The first-order valence-corrected chi connectivity index (χ1v) is 7.46. The molecule has 0 bridgehead atoms. The number of aliphatic hydroxyl groups is 1. The van der Waals surface area contributed by atoms with Crippen LogP contribution in [-0.4, -0.2) is 17.5 Å². The molecule has 0 aromatic carbocycles. The zero-order valence-corrected chi connectivity index (χ0v) is 11.3. The lowest BCUT2D eigenvalue weighted by molar-refractivity contribution is -0.104. The highest BCUT2D eigenvalue weighted by molar-refractivity contribution is 5.66. The fourth-order valence-corrected chi connectivity index (χ4v) is 5.07. The van der Waals surface area contributed by atoms with E-state index in [1.54, 1.807) is 6.08 Å². The molecule has 1 N–H and O–H groups in total. The third-order valence-corrected chi connectivity index (χ3v) is 6.16. The van der Waals surface area contributed by atoms with Gasteiger partial charge in [-0.2, -0.15) is 0 Å². The van der Waals surface area contributed by atoms with Crippen molar-refractivity contribution in [2.24, 2.45) is 23.2 Å². The topological polar surface area (TPSA) is 37.3 Å². The predicted molar refractivity (Wildman–Crippen MR) is 71.0 cm³/mol. The minimum atomic E-state index is -0.0737. The van der Waals surface area contributed by atoms with E-state index in [2.05, 4.69) is 6.92 Å². The van der Waals surface area contributed by atoms with Gasteiger partial charge in [0.1, 0.15) is 6.29 Å². The van der Waals surface area contributed by atoms with E-state index in [-0.39, 0.29) is 11.5 Å².